The molecule has 0 saturated heterocycles. The topological polar surface area (TPSA) is 67.4 Å². The number of fused-ring (bicyclic) bond motifs is 1. The number of rotatable bonds is 4. The molecule has 0 aliphatic carbocycles. The Bertz CT molecular complexity index is 543. The predicted octanol–water partition coefficient (Wildman–Crippen LogP) is 1.96. The molecule has 0 aromatic heterocycles. The van der Waals surface area contributed by atoms with Gasteiger partial charge in [-0.2, -0.15) is 0 Å². The van der Waals surface area contributed by atoms with Gasteiger partial charge in [0, 0.05) is 18.3 Å². The van der Waals surface area contributed by atoms with Crippen LogP contribution in [0.3, 0.4) is 0 Å². The maximum Gasteiger partial charge on any atom is 0.244 e. The second-order valence-electron chi connectivity index (χ2n) is 4.78. The molecule has 1 aliphatic rings. The molecular weight excluding hydrogens is 264 g/mol. The minimum Gasteiger partial charge on any atom is -0.490 e. The third-order valence-corrected chi connectivity index (χ3v) is 4.57. The smallest absolute Gasteiger partial charge is 0.244 e. The number of unbranched alkanes of at least 4 members (excludes halogenated alkanes) is 1. The van der Waals surface area contributed by atoms with Crippen LogP contribution >= 0.6 is 0 Å². The Kier molecular flexibility index (Phi) is 4.31. The summed E-state index contributed by atoms with van der Waals surface area (Å²) in [7, 11) is -3.47. The molecule has 0 bridgehead atoms. The van der Waals surface area contributed by atoms with Crippen molar-refractivity contribution in [2.24, 2.45) is 0 Å². The molecule has 0 amide bonds. The molecule has 2 N–H and O–H groups in total. The van der Waals surface area contributed by atoms with Crippen molar-refractivity contribution in [3.05, 3.63) is 18.2 Å². The molecule has 5 nitrogen and oxygen atoms in total. The molecule has 0 spiro atoms. The lowest BCUT2D eigenvalue weighted by Gasteiger charge is -2.10. The average Bonchev–Trinajstić information content (AvgIpc) is 2.46. The Morgan fingerprint density at radius 2 is 2.26 bits per heavy atom. The summed E-state index contributed by atoms with van der Waals surface area (Å²) in [6.07, 6.45) is 2.19. The number of benzene rings is 1. The molecule has 0 fully saturated rings. The lowest BCUT2D eigenvalue weighted by molar-refractivity contribution is 0.288. The Hall–Kier alpha value is -1.27. The summed E-state index contributed by atoms with van der Waals surface area (Å²) in [4.78, 5) is 0.206. The molecule has 0 radical (unpaired) electrons. The van der Waals surface area contributed by atoms with Gasteiger partial charge in [-0.15, -0.1) is 0 Å². The van der Waals surface area contributed by atoms with E-state index >= 15 is 0 Å². The number of sulfonamides is 1. The van der Waals surface area contributed by atoms with Gasteiger partial charge in [0.15, 0.2) is 0 Å². The van der Waals surface area contributed by atoms with E-state index in [9.17, 15) is 8.42 Å². The van der Waals surface area contributed by atoms with Crippen LogP contribution in [0.5, 0.6) is 5.75 Å². The SMILES string of the molecule is CCCCNc1ccc2c(c1)OC[C@@H](C)NS2(=O)=O. The molecule has 19 heavy (non-hydrogen) atoms. The number of hydrogen-bond acceptors (Lipinski definition) is 4. The van der Waals surface area contributed by atoms with Crippen molar-refractivity contribution in [1.29, 1.82) is 0 Å². The average molecular weight is 284 g/mol. The summed E-state index contributed by atoms with van der Waals surface area (Å²) in [6, 6.07) is 4.88. The van der Waals surface area contributed by atoms with Gasteiger partial charge < -0.3 is 10.1 Å². The van der Waals surface area contributed by atoms with Gasteiger partial charge in [0.25, 0.3) is 0 Å². The Labute approximate surface area is 114 Å². The Morgan fingerprint density at radius 1 is 1.47 bits per heavy atom. The highest BCUT2D eigenvalue weighted by Gasteiger charge is 2.26. The third-order valence-electron chi connectivity index (χ3n) is 2.94. The minimum absolute atomic E-state index is 0.206. The van der Waals surface area contributed by atoms with Crippen molar-refractivity contribution >= 4 is 15.7 Å². The summed E-state index contributed by atoms with van der Waals surface area (Å²) < 4.78 is 32.3. The summed E-state index contributed by atoms with van der Waals surface area (Å²) in [6.45, 7) is 5.12. The molecule has 0 unspecified atom stereocenters. The first-order valence-electron chi connectivity index (χ1n) is 6.56. The normalized spacial score (nSPS) is 21.1. The minimum atomic E-state index is -3.47. The highest BCUT2D eigenvalue weighted by molar-refractivity contribution is 7.89. The molecule has 6 heteroatoms. The van der Waals surface area contributed by atoms with E-state index in [1.807, 2.05) is 0 Å². The van der Waals surface area contributed by atoms with Crippen molar-refractivity contribution in [2.45, 2.75) is 37.6 Å². The highest BCUT2D eigenvalue weighted by atomic mass is 32.2. The number of anilines is 1. The zero-order chi connectivity index (χ0) is 13.9. The van der Waals surface area contributed by atoms with E-state index in [0.717, 1.165) is 25.1 Å². The van der Waals surface area contributed by atoms with E-state index in [1.165, 1.54) is 0 Å². The summed E-state index contributed by atoms with van der Waals surface area (Å²) in [5, 5.41) is 3.26. The van der Waals surface area contributed by atoms with Crippen LogP contribution in [-0.2, 0) is 10.0 Å². The summed E-state index contributed by atoms with van der Waals surface area (Å²) in [5.41, 5.74) is 0.886. The van der Waals surface area contributed by atoms with Gasteiger partial charge in [-0.05, 0) is 25.5 Å². The largest absolute Gasteiger partial charge is 0.490 e. The molecule has 1 atom stereocenters. The van der Waals surface area contributed by atoms with E-state index in [0.29, 0.717) is 12.4 Å². The Morgan fingerprint density at radius 3 is 3.00 bits per heavy atom. The van der Waals surface area contributed by atoms with Crippen molar-refractivity contribution in [1.82, 2.24) is 4.72 Å². The molecule has 2 rings (SSSR count). The third kappa shape index (κ3) is 3.39. The second kappa shape index (κ2) is 5.79. The molecule has 0 saturated carbocycles. The molecule has 1 aromatic carbocycles. The summed E-state index contributed by atoms with van der Waals surface area (Å²) >= 11 is 0. The first-order chi connectivity index (χ1) is 9.03. The van der Waals surface area contributed by atoms with E-state index in [2.05, 4.69) is 17.0 Å². The maximum absolute atomic E-state index is 12.1. The summed E-state index contributed by atoms with van der Waals surface area (Å²) in [5.74, 6) is 0.415. The van der Waals surface area contributed by atoms with E-state index in [1.54, 1.807) is 25.1 Å². The standard InChI is InChI=1S/C13H20N2O3S/c1-3-4-7-14-11-5-6-13-12(8-11)18-9-10(2)15-19(13,16)17/h5-6,8,10,14-15H,3-4,7,9H2,1-2H3/t10-/m1/s1. The molecule has 106 valence electrons. The predicted molar refractivity (Wildman–Crippen MR) is 75.1 cm³/mol. The molecule has 1 aliphatic heterocycles. The first-order valence-corrected chi connectivity index (χ1v) is 8.04. The zero-order valence-corrected chi connectivity index (χ0v) is 12.1. The van der Waals surface area contributed by atoms with Crippen LogP contribution in [0.4, 0.5) is 5.69 Å². The van der Waals surface area contributed by atoms with Gasteiger partial charge in [-0.25, -0.2) is 13.1 Å². The monoisotopic (exact) mass is 284 g/mol. The lowest BCUT2D eigenvalue weighted by atomic mass is 10.2. The van der Waals surface area contributed by atoms with Crippen LogP contribution < -0.4 is 14.8 Å². The highest BCUT2D eigenvalue weighted by Crippen LogP contribution is 2.29. The van der Waals surface area contributed by atoms with Crippen LogP contribution in [0.2, 0.25) is 0 Å². The van der Waals surface area contributed by atoms with Gasteiger partial charge in [0.05, 0.1) is 6.04 Å². The quantitative estimate of drug-likeness (QED) is 0.829. The van der Waals surface area contributed by atoms with Gasteiger partial charge in [-0.1, -0.05) is 13.3 Å². The fourth-order valence-electron chi connectivity index (χ4n) is 1.94. The van der Waals surface area contributed by atoms with Gasteiger partial charge >= 0.3 is 0 Å². The van der Waals surface area contributed by atoms with E-state index in [4.69, 9.17) is 4.74 Å². The van der Waals surface area contributed by atoms with E-state index in [-0.39, 0.29) is 10.9 Å². The van der Waals surface area contributed by atoms with Gasteiger partial charge in [-0.3, -0.25) is 0 Å². The van der Waals surface area contributed by atoms with Crippen LogP contribution in [0.1, 0.15) is 26.7 Å². The number of nitrogens with one attached hydrogen (secondary N) is 2. The van der Waals surface area contributed by atoms with Crippen LogP contribution in [0.25, 0.3) is 0 Å². The van der Waals surface area contributed by atoms with Gasteiger partial charge in [0.1, 0.15) is 17.3 Å². The molecule has 1 aromatic rings. The Balaban J connectivity index is 2.25. The van der Waals surface area contributed by atoms with E-state index < -0.39 is 10.0 Å². The number of hydrogen-bond donors (Lipinski definition) is 2. The van der Waals surface area contributed by atoms with Gasteiger partial charge in [0.2, 0.25) is 10.0 Å². The fourth-order valence-corrected chi connectivity index (χ4v) is 3.29. The number of ether oxygens (including phenoxy) is 1. The fraction of sp³-hybridized carbons (Fsp3) is 0.538. The van der Waals surface area contributed by atoms with Crippen molar-refractivity contribution in [3.63, 3.8) is 0 Å². The van der Waals surface area contributed by atoms with Crippen LogP contribution in [-0.4, -0.2) is 27.6 Å². The van der Waals surface area contributed by atoms with Crippen LogP contribution in [0.15, 0.2) is 23.1 Å². The zero-order valence-electron chi connectivity index (χ0n) is 11.3. The first kappa shape index (κ1) is 14.1. The molecular formula is C13H20N2O3S. The lowest BCUT2D eigenvalue weighted by Crippen LogP contribution is -2.33. The van der Waals surface area contributed by atoms with Crippen LogP contribution in [0, 0.1) is 0 Å². The van der Waals surface area contributed by atoms with Crippen molar-refractivity contribution in [2.75, 3.05) is 18.5 Å². The van der Waals surface area contributed by atoms with Crippen molar-refractivity contribution < 1.29 is 13.2 Å². The van der Waals surface area contributed by atoms with Crippen molar-refractivity contribution in [3.8, 4) is 5.75 Å². The second-order valence-corrected chi connectivity index (χ2v) is 6.46. The maximum atomic E-state index is 12.1. The molecule has 1 heterocycles.